The summed E-state index contributed by atoms with van der Waals surface area (Å²) in [4.78, 5) is 12.2. The molecule has 0 heterocycles. The van der Waals surface area contributed by atoms with Crippen LogP contribution >= 0.6 is 23.2 Å². The third-order valence-electron chi connectivity index (χ3n) is 2.62. The highest BCUT2D eigenvalue weighted by Crippen LogP contribution is 2.25. The largest absolute Gasteiger partial charge is 0.398 e. The van der Waals surface area contributed by atoms with Crippen LogP contribution in [-0.4, -0.2) is 5.91 Å². The predicted octanol–water partition coefficient (Wildman–Crippen LogP) is 3.70. The lowest BCUT2D eigenvalue weighted by molar-refractivity contribution is 0.102. The highest BCUT2D eigenvalue weighted by Gasteiger charge is 2.14. The maximum absolute atomic E-state index is 12.2. The van der Waals surface area contributed by atoms with Gasteiger partial charge in [0, 0.05) is 5.02 Å². The number of carbonyl (C=O) groups excluding carboxylic acids is 1. The molecule has 0 aliphatic carbocycles. The van der Waals surface area contributed by atoms with Gasteiger partial charge in [-0.2, -0.15) is 5.26 Å². The molecule has 0 aliphatic heterocycles. The van der Waals surface area contributed by atoms with Crippen molar-refractivity contribution in [2.24, 2.45) is 0 Å². The SMILES string of the molecule is N#Cc1ccc(Cl)cc1NC(=O)c1cccc(N)c1Cl. The average Bonchev–Trinajstić information content (AvgIpc) is 2.42. The summed E-state index contributed by atoms with van der Waals surface area (Å²) in [7, 11) is 0. The number of nitriles is 1. The predicted molar refractivity (Wildman–Crippen MR) is 80.0 cm³/mol. The Morgan fingerprint density at radius 3 is 2.70 bits per heavy atom. The summed E-state index contributed by atoms with van der Waals surface area (Å²) in [6.45, 7) is 0. The van der Waals surface area contributed by atoms with Gasteiger partial charge in [0.05, 0.1) is 27.5 Å². The second-order valence-electron chi connectivity index (χ2n) is 3.96. The molecule has 0 fully saturated rings. The highest BCUT2D eigenvalue weighted by atomic mass is 35.5. The summed E-state index contributed by atoms with van der Waals surface area (Å²) >= 11 is 11.8. The van der Waals surface area contributed by atoms with E-state index < -0.39 is 5.91 Å². The van der Waals surface area contributed by atoms with Gasteiger partial charge in [0.2, 0.25) is 0 Å². The molecule has 0 saturated heterocycles. The molecule has 0 atom stereocenters. The Hall–Kier alpha value is -2.22. The Morgan fingerprint density at radius 1 is 1.25 bits per heavy atom. The first-order chi connectivity index (χ1) is 9.52. The Bertz CT molecular complexity index is 723. The number of benzene rings is 2. The van der Waals surface area contributed by atoms with E-state index in [1.54, 1.807) is 24.3 Å². The van der Waals surface area contributed by atoms with E-state index in [0.717, 1.165) is 0 Å². The van der Waals surface area contributed by atoms with Crippen molar-refractivity contribution in [1.82, 2.24) is 0 Å². The van der Waals surface area contributed by atoms with Crippen LogP contribution < -0.4 is 11.1 Å². The molecule has 0 bridgehead atoms. The number of anilines is 2. The van der Waals surface area contributed by atoms with E-state index in [9.17, 15) is 4.79 Å². The van der Waals surface area contributed by atoms with Gasteiger partial charge >= 0.3 is 0 Å². The summed E-state index contributed by atoms with van der Waals surface area (Å²) in [6.07, 6.45) is 0. The van der Waals surface area contributed by atoms with Crippen LogP contribution in [0.3, 0.4) is 0 Å². The van der Waals surface area contributed by atoms with Gasteiger partial charge < -0.3 is 11.1 Å². The van der Waals surface area contributed by atoms with Crippen LogP contribution in [0.2, 0.25) is 10.0 Å². The number of hydrogen-bond acceptors (Lipinski definition) is 3. The summed E-state index contributed by atoms with van der Waals surface area (Å²) in [5.74, 6) is -0.457. The number of carbonyl (C=O) groups is 1. The highest BCUT2D eigenvalue weighted by molar-refractivity contribution is 6.37. The normalized spacial score (nSPS) is 9.85. The Labute approximate surface area is 125 Å². The maximum atomic E-state index is 12.2. The van der Waals surface area contributed by atoms with Crippen LogP contribution in [0.4, 0.5) is 11.4 Å². The molecule has 0 radical (unpaired) electrons. The first-order valence-electron chi connectivity index (χ1n) is 5.58. The van der Waals surface area contributed by atoms with E-state index in [1.807, 2.05) is 6.07 Å². The molecule has 0 aromatic heterocycles. The number of hydrogen-bond donors (Lipinski definition) is 2. The molecule has 4 nitrogen and oxygen atoms in total. The summed E-state index contributed by atoms with van der Waals surface area (Å²) in [5.41, 5.74) is 6.82. The lowest BCUT2D eigenvalue weighted by Crippen LogP contribution is -2.14. The van der Waals surface area contributed by atoms with Gasteiger partial charge in [0.15, 0.2) is 0 Å². The second kappa shape index (κ2) is 5.83. The molecule has 2 rings (SSSR count). The Kier molecular flexibility index (Phi) is 4.14. The molecule has 20 heavy (non-hydrogen) atoms. The van der Waals surface area contributed by atoms with Crippen LogP contribution in [0.1, 0.15) is 15.9 Å². The second-order valence-corrected chi connectivity index (χ2v) is 4.78. The van der Waals surface area contributed by atoms with Crippen LogP contribution in [0.5, 0.6) is 0 Å². The van der Waals surface area contributed by atoms with Crippen LogP contribution in [0, 0.1) is 11.3 Å². The van der Waals surface area contributed by atoms with Crippen LogP contribution in [0.25, 0.3) is 0 Å². The van der Waals surface area contributed by atoms with Crippen LogP contribution in [-0.2, 0) is 0 Å². The monoisotopic (exact) mass is 305 g/mol. The third kappa shape index (κ3) is 2.85. The zero-order valence-electron chi connectivity index (χ0n) is 10.2. The fourth-order valence-corrected chi connectivity index (χ4v) is 2.02. The number of nitrogen functional groups attached to an aromatic ring is 1. The molecule has 0 spiro atoms. The molecule has 3 N–H and O–H groups in total. The molecule has 2 aromatic carbocycles. The van der Waals surface area contributed by atoms with Gasteiger partial charge in [-0.05, 0) is 30.3 Å². The van der Waals surface area contributed by atoms with Crippen molar-refractivity contribution in [3.05, 3.63) is 57.6 Å². The smallest absolute Gasteiger partial charge is 0.257 e. The standard InChI is InChI=1S/C14H9Cl2N3O/c15-9-5-4-8(7-17)12(6-9)19-14(20)10-2-1-3-11(18)13(10)16/h1-6H,18H2,(H,19,20). The van der Waals surface area contributed by atoms with Crippen molar-refractivity contribution >= 4 is 40.5 Å². The van der Waals surface area contributed by atoms with E-state index >= 15 is 0 Å². The maximum Gasteiger partial charge on any atom is 0.257 e. The lowest BCUT2D eigenvalue weighted by atomic mass is 10.1. The molecule has 0 saturated carbocycles. The molecule has 0 unspecified atom stereocenters. The van der Waals surface area contributed by atoms with Crippen molar-refractivity contribution in [2.75, 3.05) is 11.1 Å². The van der Waals surface area contributed by atoms with E-state index in [-0.39, 0.29) is 10.6 Å². The minimum atomic E-state index is -0.457. The fourth-order valence-electron chi connectivity index (χ4n) is 1.63. The number of nitrogens with two attached hydrogens (primary N) is 1. The zero-order chi connectivity index (χ0) is 14.7. The lowest BCUT2D eigenvalue weighted by Gasteiger charge is -2.09. The van der Waals surface area contributed by atoms with Crippen molar-refractivity contribution in [1.29, 1.82) is 5.26 Å². The number of amides is 1. The topological polar surface area (TPSA) is 78.9 Å². The minimum absolute atomic E-state index is 0.172. The van der Waals surface area contributed by atoms with E-state index in [2.05, 4.69) is 5.32 Å². The van der Waals surface area contributed by atoms with Crippen LogP contribution in [0.15, 0.2) is 36.4 Å². The fraction of sp³-hybridized carbons (Fsp3) is 0. The minimum Gasteiger partial charge on any atom is -0.398 e. The number of nitrogens with one attached hydrogen (secondary N) is 1. The van der Waals surface area contributed by atoms with Gasteiger partial charge in [0.25, 0.3) is 5.91 Å². The van der Waals surface area contributed by atoms with Gasteiger partial charge in [-0.25, -0.2) is 0 Å². The zero-order valence-corrected chi connectivity index (χ0v) is 11.7. The van der Waals surface area contributed by atoms with E-state index in [0.29, 0.717) is 22.0 Å². The first kappa shape index (κ1) is 14.2. The molecule has 1 amide bonds. The number of rotatable bonds is 2. The van der Waals surface area contributed by atoms with E-state index in [1.165, 1.54) is 12.1 Å². The molecule has 2 aromatic rings. The van der Waals surface area contributed by atoms with Crippen molar-refractivity contribution < 1.29 is 4.79 Å². The average molecular weight is 306 g/mol. The Morgan fingerprint density at radius 2 is 2.00 bits per heavy atom. The summed E-state index contributed by atoms with van der Waals surface area (Å²) in [5, 5.41) is 12.2. The van der Waals surface area contributed by atoms with E-state index in [4.69, 9.17) is 34.2 Å². The summed E-state index contributed by atoms with van der Waals surface area (Å²) < 4.78 is 0. The number of nitrogens with zero attached hydrogens (tertiary/aromatic N) is 1. The number of halogens is 2. The van der Waals surface area contributed by atoms with Gasteiger partial charge in [0.1, 0.15) is 6.07 Å². The van der Waals surface area contributed by atoms with Gasteiger partial charge in [-0.1, -0.05) is 29.3 Å². The first-order valence-corrected chi connectivity index (χ1v) is 6.33. The van der Waals surface area contributed by atoms with Crippen molar-refractivity contribution in [2.45, 2.75) is 0 Å². The van der Waals surface area contributed by atoms with Gasteiger partial charge in [-0.15, -0.1) is 0 Å². The third-order valence-corrected chi connectivity index (χ3v) is 3.28. The van der Waals surface area contributed by atoms with Crippen molar-refractivity contribution in [3.8, 4) is 6.07 Å². The Balaban J connectivity index is 2.35. The molecule has 6 heteroatoms. The molecular weight excluding hydrogens is 297 g/mol. The molecule has 100 valence electrons. The van der Waals surface area contributed by atoms with Crippen molar-refractivity contribution in [3.63, 3.8) is 0 Å². The molecule has 0 aliphatic rings. The molecular formula is C14H9Cl2N3O. The summed E-state index contributed by atoms with van der Waals surface area (Å²) in [6, 6.07) is 11.3. The van der Waals surface area contributed by atoms with Gasteiger partial charge in [-0.3, -0.25) is 4.79 Å². The quantitative estimate of drug-likeness (QED) is 0.830.